The molecule has 8 nitrogen and oxygen atoms in total. The zero-order chi connectivity index (χ0) is 24.2. The molecule has 174 valence electrons. The van der Waals surface area contributed by atoms with E-state index in [1.807, 2.05) is 6.92 Å². The van der Waals surface area contributed by atoms with Gasteiger partial charge in [0.05, 0.1) is 38.0 Å². The summed E-state index contributed by atoms with van der Waals surface area (Å²) in [5.74, 6) is -0.527. The number of nitrogens with zero attached hydrogens (tertiary/aromatic N) is 2. The minimum Gasteiger partial charge on any atom is -0.507 e. The quantitative estimate of drug-likeness (QED) is 0.322. The summed E-state index contributed by atoms with van der Waals surface area (Å²) in [7, 11) is 2.96. The Morgan fingerprint density at radius 1 is 1.00 bits per heavy atom. The van der Waals surface area contributed by atoms with Gasteiger partial charge < -0.3 is 19.3 Å². The Labute approximate surface area is 197 Å². The number of hydrogen-bond acceptors (Lipinski definition) is 7. The first-order valence-corrected chi connectivity index (χ1v) is 10.7. The number of amides is 1. The normalized spacial score (nSPS) is 17.0. The van der Waals surface area contributed by atoms with Gasteiger partial charge in [0.15, 0.2) is 0 Å². The van der Waals surface area contributed by atoms with Gasteiger partial charge in [0.25, 0.3) is 11.7 Å². The van der Waals surface area contributed by atoms with Gasteiger partial charge >= 0.3 is 0 Å². The van der Waals surface area contributed by atoms with Crippen LogP contribution in [0.3, 0.4) is 0 Å². The molecule has 1 aliphatic rings. The maximum Gasteiger partial charge on any atom is 0.300 e. The van der Waals surface area contributed by atoms with Crippen molar-refractivity contribution in [1.29, 1.82) is 0 Å². The van der Waals surface area contributed by atoms with Crippen molar-refractivity contribution in [2.75, 3.05) is 25.7 Å². The highest BCUT2D eigenvalue weighted by Crippen LogP contribution is 2.44. The fourth-order valence-electron chi connectivity index (χ4n) is 3.99. The van der Waals surface area contributed by atoms with Crippen molar-refractivity contribution in [3.63, 3.8) is 0 Å². The molecule has 0 saturated carbocycles. The second-order valence-corrected chi connectivity index (χ2v) is 7.45. The van der Waals surface area contributed by atoms with E-state index in [1.165, 1.54) is 19.1 Å². The van der Waals surface area contributed by atoms with E-state index in [2.05, 4.69) is 4.98 Å². The van der Waals surface area contributed by atoms with Gasteiger partial charge in [0, 0.05) is 30.2 Å². The molecule has 8 heteroatoms. The van der Waals surface area contributed by atoms with E-state index in [0.717, 1.165) is 0 Å². The number of methoxy groups -OCH3 is 2. The summed E-state index contributed by atoms with van der Waals surface area (Å²) in [4.78, 5) is 32.0. The molecule has 1 N–H and O–H groups in total. The smallest absolute Gasteiger partial charge is 0.300 e. The lowest BCUT2D eigenvalue weighted by Crippen LogP contribution is -2.29. The predicted molar refractivity (Wildman–Crippen MR) is 126 cm³/mol. The molecule has 0 bridgehead atoms. The van der Waals surface area contributed by atoms with Crippen LogP contribution in [-0.4, -0.2) is 42.6 Å². The van der Waals surface area contributed by atoms with Crippen LogP contribution in [-0.2, 0) is 9.59 Å². The third-order valence-corrected chi connectivity index (χ3v) is 5.54. The molecule has 2 heterocycles. The number of hydrogen-bond donors (Lipinski definition) is 1. The SMILES string of the molecule is CCOc1cccc(N2C(=O)C(=O)/C(=C(\O)c3ccc(OC)cc3OC)C2c2ccncc2)c1. The Hall–Kier alpha value is -4.33. The third-order valence-electron chi connectivity index (χ3n) is 5.54. The number of anilines is 1. The van der Waals surface area contributed by atoms with Gasteiger partial charge in [0.2, 0.25) is 0 Å². The maximum atomic E-state index is 13.3. The molecule has 0 radical (unpaired) electrons. The zero-order valence-corrected chi connectivity index (χ0v) is 19.0. The average molecular weight is 460 g/mol. The molecule has 1 fully saturated rings. The van der Waals surface area contributed by atoms with Crippen LogP contribution >= 0.6 is 0 Å². The molecule has 34 heavy (non-hydrogen) atoms. The number of aliphatic hydroxyl groups is 1. The summed E-state index contributed by atoms with van der Waals surface area (Å²) < 4.78 is 16.2. The summed E-state index contributed by atoms with van der Waals surface area (Å²) in [6, 6.07) is 14.3. The third kappa shape index (κ3) is 4.05. The van der Waals surface area contributed by atoms with Crippen LogP contribution in [0.5, 0.6) is 17.2 Å². The highest BCUT2D eigenvalue weighted by molar-refractivity contribution is 6.51. The molecule has 4 rings (SSSR count). The van der Waals surface area contributed by atoms with Crippen LogP contribution in [0.2, 0.25) is 0 Å². The Balaban J connectivity index is 1.93. The summed E-state index contributed by atoms with van der Waals surface area (Å²) in [6.45, 7) is 2.31. The average Bonchev–Trinajstić information content (AvgIpc) is 3.14. The van der Waals surface area contributed by atoms with E-state index in [-0.39, 0.29) is 16.9 Å². The number of ketones is 1. The van der Waals surface area contributed by atoms with Crippen LogP contribution < -0.4 is 19.1 Å². The summed E-state index contributed by atoms with van der Waals surface area (Å²) in [5, 5.41) is 11.3. The van der Waals surface area contributed by atoms with Gasteiger partial charge in [-0.25, -0.2) is 0 Å². The predicted octanol–water partition coefficient (Wildman–Crippen LogP) is 4.12. The maximum absolute atomic E-state index is 13.3. The molecule has 1 amide bonds. The minimum absolute atomic E-state index is 0.0542. The fraction of sp³-hybridized carbons (Fsp3) is 0.192. The Morgan fingerprint density at radius 3 is 2.44 bits per heavy atom. The van der Waals surface area contributed by atoms with Crippen LogP contribution in [0, 0.1) is 0 Å². The van der Waals surface area contributed by atoms with E-state index in [4.69, 9.17) is 14.2 Å². The molecule has 1 unspecified atom stereocenters. The van der Waals surface area contributed by atoms with Crippen molar-refractivity contribution in [2.45, 2.75) is 13.0 Å². The summed E-state index contributed by atoms with van der Waals surface area (Å²) >= 11 is 0. The summed E-state index contributed by atoms with van der Waals surface area (Å²) in [6.07, 6.45) is 3.14. The molecular formula is C26H24N2O6. The fourth-order valence-corrected chi connectivity index (χ4v) is 3.99. The monoisotopic (exact) mass is 460 g/mol. The van der Waals surface area contributed by atoms with Gasteiger partial charge in [-0.1, -0.05) is 6.07 Å². The van der Waals surface area contributed by atoms with Crippen molar-refractivity contribution in [1.82, 2.24) is 4.98 Å². The standard InChI is InChI=1S/C26H24N2O6/c1-4-34-19-7-5-6-17(14-19)28-23(16-10-12-27-13-11-16)22(25(30)26(28)31)24(29)20-9-8-18(32-2)15-21(20)33-3/h5-15,23,29H,4H2,1-3H3/b24-22-. The molecule has 1 aromatic heterocycles. The van der Waals surface area contributed by atoms with E-state index in [0.29, 0.717) is 35.1 Å². The molecule has 0 aliphatic carbocycles. The second-order valence-electron chi connectivity index (χ2n) is 7.45. The number of pyridine rings is 1. The van der Waals surface area contributed by atoms with Gasteiger partial charge in [-0.15, -0.1) is 0 Å². The first kappa shape index (κ1) is 22.8. The number of ether oxygens (including phenoxy) is 3. The second kappa shape index (κ2) is 9.66. The molecule has 1 aliphatic heterocycles. The number of rotatable bonds is 7. The Bertz CT molecular complexity index is 1260. The van der Waals surface area contributed by atoms with Gasteiger partial charge in [-0.2, -0.15) is 0 Å². The van der Waals surface area contributed by atoms with E-state index >= 15 is 0 Å². The highest BCUT2D eigenvalue weighted by atomic mass is 16.5. The number of aliphatic hydroxyl groups excluding tert-OH is 1. The molecular weight excluding hydrogens is 436 g/mol. The molecule has 1 atom stereocenters. The zero-order valence-electron chi connectivity index (χ0n) is 19.0. The molecule has 1 saturated heterocycles. The van der Waals surface area contributed by atoms with Crippen molar-refractivity contribution in [3.05, 3.63) is 83.7 Å². The lowest BCUT2D eigenvalue weighted by atomic mass is 9.95. The Morgan fingerprint density at radius 2 is 1.76 bits per heavy atom. The first-order valence-electron chi connectivity index (χ1n) is 10.7. The summed E-state index contributed by atoms with van der Waals surface area (Å²) in [5.41, 5.74) is 1.30. The number of benzene rings is 2. The van der Waals surface area contributed by atoms with Crippen molar-refractivity contribution in [3.8, 4) is 17.2 Å². The number of aromatic nitrogens is 1. The Kier molecular flexibility index (Phi) is 6.49. The largest absolute Gasteiger partial charge is 0.507 e. The van der Waals surface area contributed by atoms with Crippen molar-refractivity contribution in [2.24, 2.45) is 0 Å². The van der Waals surface area contributed by atoms with E-state index in [9.17, 15) is 14.7 Å². The van der Waals surface area contributed by atoms with Gasteiger partial charge in [-0.3, -0.25) is 19.5 Å². The molecule has 3 aromatic rings. The first-order chi connectivity index (χ1) is 16.5. The van der Waals surface area contributed by atoms with Crippen molar-refractivity contribution < 1.29 is 28.9 Å². The minimum atomic E-state index is -0.883. The van der Waals surface area contributed by atoms with Gasteiger partial charge in [0.1, 0.15) is 23.0 Å². The number of carbonyl (C=O) groups is 2. The lowest BCUT2D eigenvalue weighted by Gasteiger charge is -2.25. The lowest BCUT2D eigenvalue weighted by molar-refractivity contribution is -0.132. The van der Waals surface area contributed by atoms with Gasteiger partial charge in [-0.05, 0) is 48.9 Å². The topological polar surface area (TPSA) is 98.2 Å². The number of Topliss-reactive ketones (excluding diaryl/α,β-unsaturated/α-hetero) is 1. The number of carbonyl (C=O) groups excluding carboxylic acids is 2. The van der Waals surface area contributed by atoms with E-state index in [1.54, 1.807) is 67.0 Å². The van der Waals surface area contributed by atoms with Crippen molar-refractivity contribution >= 4 is 23.1 Å². The van der Waals surface area contributed by atoms with Crippen LogP contribution in [0.25, 0.3) is 5.76 Å². The molecule has 2 aromatic carbocycles. The van der Waals surface area contributed by atoms with Crippen LogP contribution in [0.15, 0.2) is 72.6 Å². The van der Waals surface area contributed by atoms with Crippen LogP contribution in [0.1, 0.15) is 24.1 Å². The van der Waals surface area contributed by atoms with Crippen LogP contribution in [0.4, 0.5) is 5.69 Å². The highest BCUT2D eigenvalue weighted by Gasteiger charge is 2.47. The molecule has 0 spiro atoms. The van der Waals surface area contributed by atoms with E-state index < -0.39 is 17.7 Å².